The summed E-state index contributed by atoms with van der Waals surface area (Å²) in [6.07, 6.45) is 1.44. The largest absolute Gasteiger partial charge is 0.395 e. The van der Waals surface area contributed by atoms with E-state index in [2.05, 4.69) is 0 Å². The molecule has 0 unspecified atom stereocenters. The Bertz CT molecular complexity index is 366. The van der Waals surface area contributed by atoms with Crippen molar-refractivity contribution in [2.45, 2.75) is 13.3 Å². The predicted molar refractivity (Wildman–Crippen MR) is 57.6 cm³/mol. The molecule has 0 aliphatic carbocycles. The molecule has 0 bridgehead atoms. The van der Waals surface area contributed by atoms with Crippen LogP contribution in [0.25, 0.3) is 0 Å². The second-order valence-corrected chi connectivity index (χ2v) is 7.75. The third-order valence-corrected chi connectivity index (χ3v) is 5.63. The van der Waals surface area contributed by atoms with Crippen molar-refractivity contribution < 1.29 is 21.9 Å². The minimum Gasteiger partial charge on any atom is -0.395 e. The van der Waals surface area contributed by atoms with Crippen LogP contribution < -0.4 is 0 Å². The smallest absolute Gasteiger partial charge is 0.228 e. The second-order valence-electron chi connectivity index (χ2n) is 3.28. The first kappa shape index (κ1) is 14.8. The highest BCUT2D eigenvalue weighted by Gasteiger charge is 2.25. The van der Waals surface area contributed by atoms with E-state index in [1.807, 2.05) is 0 Å². The molecule has 1 N–H and O–H groups in total. The molecule has 0 radical (unpaired) electrons. The molecule has 0 rings (SSSR count). The summed E-state index contributed by atoms with van der Waals surface area (Å²) in [5, 5.41) is 7.77. The lowest BCUT2D eigenvalue weighted by molar-refractivity contribution is 0.254. The van der Waals surface area contributed by atoms with Crippen LogP contribution in [0.1, 0.15) is 13.3 Å². The Balaban J connectivity index is 4.79. The molecular weight excluding hydrogens is 242 g/mol. The van der Waals surface area contributed by atoms with Crippen LogP contribution in [0.15, 0.2) is 0 Å². The third kappa shape index (κ3) is 6.08. The van der Waals surface area contributed by atoms with Gasteiger partial charge in [-0.15, -0.1) is 0 Å². The lowest BCUT2D eigenvalue weighted by Crippen LogP contribution is -2.37. The standard InChI is InChI=1S/C7H17NO5S2/c1-3-4-8(5-6-9)15(12,13)7-14(2,10)11/h9H,3-7H2,1-2H3. The topological polar surface area (TPSA) is 91.8 Å². The SMILES string of the molecule is CCCN(CCO)S(=O)(=O)CS(C)(=O)=O. The van der Waals surface area contributed by atoms with Gasteiger partial charge in [-0.05, 0) is 6.42 Å². The van der Waals surface area contributed by atoms with Gasteiger partial charge >= 0.3 is 0 Å². The molecule has 0 aliphatic rings. The van der Waals surface area contributed by atoms with Gasteiger partial charge in [0, 0.05) is 19.3 Å². The Morgan fingerprint density at radius 1 is 1.13 bits per heavy atom. The molecule has 8 heteroatoms. The minimum atomic E-state index is -3.82. The van der Waals surface area contributed by atoms with E-state index in [4.69, 9.17) is 5.11 Å². The van der Waals surface area contributed by atoms with Gasteiger partial charge in [-0.2, -0.15) is 4.31 Å². The van der Waals surface area contributed by atoms with Gasteiger partial charge in [-0.1, -0.05) is 6.92 Å². The van der Waals surface area contributed by atoms with Crippen LogP contribution in [-0.2, 0) is 19.9 Å². The molecule has 6 nitrogen and oxygen atoms in total. The highest BCUT2D eigenvalue weighted by Crippen LogP contribution is 2.05. The summed E-state index contributed by atoms with van der Waals surface area (Å²) in [6, 6.07) is 0. The lowest BCUT2D eigenvalue weighted by atomic mass is 10.5. The van der Waals surface area contributed by atoms with Crippen molar-refractivity contribution in [2.24, 2.45) is 0 Å². The zero-order valence-corrected chi connectivity index (χ0v) is 10.5. The normalized spacial score (nSPS) is 13.3. The molecule has 0 aromatic rings. The fourth-order valence-corrected chi connectivity index (χ4v) is 4.68. The van der Waals surface area contributed by atoms with Gasteiger partial charge < -0.3 is 5.11 Å². The van der Waals surface area contributed by atoms with E-state index in [1.54, 1.807) is 6.92 Å². The number of nitrogens with zero attached hydrogens (tertiary/aromatic N) is 1. The number of aliphatic hydroxyl groups excluding tert-OH is 1. The molecule has 0 heterocycles. The minimum absolute atomic E-state index is 0.0638. The molecule has 0 spiro atoms. The number of sulfonamides is 1. The Hall–Kier alpha value is -0.180. The quantitative estimate of drug-likeness (QED) is 0.634. The maximum atomic E-state index is 11.6. The molecule has 0 aromatic heterocycles. The van der Waals surface area contributed by atoms with Crippen LogP contribution in [0.3, 0.4) is 0 Å². The zero-order valence-electron chi connectivity index (χ0n) is 8.88. The molecular formula is C7H17NO5S2. The lowest BCUT2D eigenvalue weighted by Gasteiger charge is -2.19. The molecule has 0 saturated carbocycles. The fourth-order valence-electron chi connectivity index (χ4n) is 1.10. The number of hydrogen-bond acceptors (Lipinski definition) is 5. The van der Waals surface area contributed by atoms with Gasteiger partial charge in [0.15, 0.2) is 14.9 Å². The third-order valence-electron chi connectivity index (χ3n) is 1.58. The van der Waals surface area contributed by atoms with Gasteiger partial charge in [0.1, 0.15) is 0 Å². The predicted octanol–water partition coefficient (Wildman–Crippen LogP) is -0.977. The summed E-state index contributed by atoms with van der Waals surface area (Å²) in [4.78, 5) is 0. The highest BCUT2D eigenvalue weighted by atomic mass is 32.3. The summed E-state index contributed by atoms with van der Waals surface area (Å²) in [5.74, 6) is 0. The van der Waals surface area contributed by atoms with Crippen molar-refractivity contribution in [1.82, 2.24) is 4.31 Å². The van der Waals surface area contributed by atoms with Crippen molar-refractivity contribution in [3.63, 3.8) is 0 Å². The number of hydrogen-bond donors (Lipinski definition) is 1. The van der Waals surface area contributed by atoms with Crippen molar-refractivity contribution in [3.8, 4) is 0 Å². The van der Waals surface area contributed by atoms with E-state index in [-0.39, 0.29) is 19.7 Å². The summed E-state index contributed by atoms with van der Waals surface area (Å²) in [6.45, 7) is 1.62. The van der Waals surface area contributed by atoms with Crippen molar-refractivity contribution in [2.75, 3.05) is 31.0 Å². The van der Waals surface area contributed by atoms with Crippen molar-refractivity contribution >= 4 is 19.9 Å². The summed E-state index contributed by atoms with van der Waals surface area (Å²) in [5.41, 5.74) is 0. The van der Waals surface area contributed by atoms with Gasteiger partial charge in [0.05, 0.1) is 6.61 Å². The molecule has 0 aliphatic heterocycles. The maximum Gasteiger partial charge on any atom is 0.228 e. The van der Waals surface area contributed by atoms with E-state index in [0.717, 1.165) is 10.6 Å². The van der Waals surface area contributed by atoms with Gasteiger partial charge in [-0.3, -0.25) is 0 Å². The first-order chi connectivity index (χ1) is 6.73. The van der Waals surface area contributed by atoms with Gasteiger partial charge in [0.2, 0.25) is 10.0 Å². The molecule has 0 amide bonds. The molecule has 0 aromatic carbocycles. The second kappa shape index (κ2) is 5.78. The Labute approximate surface area is 90.9 Å². The van der Waals surface area contributed by atoms with Gasteiger partial charge in [-0.25, -0.2) is 16.8 Å². The Morgan fingerprint density at radius 3 is 2.00 bits per heavy atom. The van der Waals surface area contributed by atoms with E-state index < -0.39 is 24.9 Å². The zero-order chi connectivity index (χ0) is 12.1. The molecule has 15 heavy (non-hydrogen) atoms. The van der Waals surface area contributed by atoms with E-state index >= 15 is 0 Å². The summed E-state index contributed by atoms with van der Waals surface area (Å²) >= 11 is 0. The van der Waals surface area contributed by atoms with E-state index in [0.29, 0.717) is 6.42 Å². The molecule has 0 atom stereocenters. The van der Waals surface area contributed by atoms with Crippen LogP contribution in [0.2, 0.25) is 0 Å². The van der Waals surface area contributed by atoms with E-state index in [9.17, 15) is 16.8 Å². The Kier molecular flexibility index (Phi) is 5.71. The van der Waals surface area contributed by atoms with E-state index in [1.165, 1.54) is 0 Å². The monoisotopic (exact) mass is 259 g/mol. The molecule has 0 saturated heterocycles. The summed E-state index contributed by atoms with van der Waals surface area (Å²) in [7, 11) is -7.39. The van der Waals surface area contributed by atoms with Crippen LogP contribution in [-0.4, -0.2) is 57.3 Å². The van der Waals surface area contributed by atoms with Crippen molar-refractivity contribution in [3.05, 3.63) is 0 Å². The fraction of sp³-hybridized carbons (Fsp3) is 1.00. The van der Waals surface area contributed by atoms with Gasteiger partial charge in [0.25, 0.3) is 0 Å². The number of sulfone groups is 1. The highest BCUT2D eigenvalue weighted by molar-refractivity contribution is 8.06. The maximum absolute atomic E-state index is 11.6. The number of aliphatic hydroxyl groups is 1. The van der Waals surface area contributed by atoms with Crippen molar-refractivity contribution in [1.29, 1.82) is 0 Å². The average molecular weight is 259 g/mol. The Morgan fingerprint density at radius 2 is 1.67 bits per heavy atom. The molecule has 0 fully saturated rings. The molecule has 92 valence electrons. The van der Waals surface area contributed by atoms with Crippen LogP contribution >= 0.6 is 0 Å². The first-order valence-electron chi connectivity index (χ1n) is 4.49. The first-order valence-corrected chi connectivity index (χ1v) is 8.16. The van der Waals surface area contributed by atoms with Crippen LogP contribution in [0.4, 0.5) is 0 Å². The average Bonchev–Trinajstić information content (AvgIpc) is 1.99. The van der Waals surface area contributed by atoms with Crippen LogP contribution in [0, 0.1) is 0 Å². The summed E-state index contributed by atoms with van der Waals surface area (Å²) < 4.78 is 45.9. The number of rotatable bonds is 7. The van der Waals surface area contributed by atoms with Crippen LogP contribution in [0.5, 0.6) is 0 Å².